The van der Waals surface area contributed by atoms with E-state index in [1.165, 1.54) is 0 Å². The van der Waals surface area contributed by atoms with Crippen LogP contribution in [0, 0.1) is 0 Å². The molecule has 20 heavy (non-hydrogen) atoms. The summed E-state index contributed by atoms with van der Waals surface area (Å²) >= 11 is 0. The average Bonchev–Trinajstić information content (AvgIpc) is 2.53. The van der Waals surface area contributed by atoms with Gasteiger partial charge in [-0.05, 0) is 41.8 Å². The Morgan fingerprint density at radius 1 is 0.900 bits per heavy atom. The smallest absolute Gasteiger partial charge is 0.127 e. The summed E-state index contributed by atoms with van der Waals surface area (Å²) in [6.45, 7) is 0. The van der Waals surface area contributed by atoms with Crippen LogP contribution in [0.1, 0.15) is 17.0 Å². The molecule has 3 nitrogen and oxygen atoms in total. The fourth-order valence-electron chi connectivity index (χ4n) is 2.11. The Labute approximate surface area is 119 Å². The summed E-state index contributed by atoms with van der Waals surface area (Å²) in [4.78, 5) is 11.3. The van der Waals surface area contributed by atoms with Gasteiger partial charge in [-0.25, -0.2) is 0 Å². The Hall–Kier alpha value is -2.29. The van der Waals surface area contributed by atoms with Gasteiger partial charge in [0.05, 0.1) is 14.2 Å². The molecule has 0 aliphatic rings. The Kier molecular flexibility index (Phi) is 4.77. The molecule has 0 fully saturated rings. The lowest BCUT2D eigenvalue weighted by atomic mass is 9.93. The molecule has 2 aromatic carbocycles. The molecule has 0 aliphatic carbocycles. The highest BCUT2D eigenvalue weighted by Gasteiger charge is 2.11. The van der Waals surface area contributed by atoms with Crippen LogP contribution in [0.5, 0.6) is 11.5 Å². The van der Waals surface area contributed by atoms with Gasteiger partial charge in [0.15, 0.2) is 0 Å². The molecule has 1 atom stereocenters. The third-order valence-electron chi connectivity index (χ3n) is 3.32. The normalized spacial score (nSPS) is 11.7. The van der Waals surface area contributed by atoms with Crippen LogP contribution in [0.15, 0.2) is 48.5 Å². The SMILES string of the molecule is COc1ccc(C[C@@H](C=O)c2ccc(OC)cc2)cc1. The molecule has 0 radical (unpaired) electrons. The van der Waals surface area contributed by atoms with Crippen LogP contribution in [0.4, 0.5) is 0 Å². The van der Waals surface area contributed by atoms with Crippen molar-refractivity contribution in [1.82, 2.24) is 0 Å². The van der Waals surface area contributed by atoms with Crippen molar-refractivity contribution in [2.75, 3.05) is 14.2 Å². The van der Waals surface area contributed by atoms with Crippen LogP contribution >= 0.6 is 0 Å². The van der Waals surface area contributed by atoms with Crippen LogP contribution in [-0.4, -0.2) is 20.5 Å². The van der Waals surface area contributed by atoms with Crippen molar-refractivity contribution in [2.45, 2.75) is 12.3 Å². The molecule has 0 saturated heterocycles. The molecule has 0 bridgehead atoms. The lowest BCUT2D eigenvalue weighted by Crippen LogP contribution is -2.04. The van der Waals surface area contributed by atoms with Gasteiger partial charge in [0, 0.05) is 5.92 Å². The first-order valence-electron chi connectivity index (χ1n) is 6.49. The number of hydrogen-bond donors (Lipinski definition) is 0. The van der Waals surface area contributed by atoms with Gasteiger partial charge in [-0.3, -0.25) is 0 Å². The van der Waals surface area contributed by atoms with Crippen molar-refractivity contribution < 1.29 is 14.3 Å². The van der Waals surface area contributed by atoms with Gasteiger partial charge < -0.3 is 14.3 Å². The third kappa shape index (κ3) is 3.38. The number of benzene rings is 2. The second kappa shape index (κ2) is 6.75. The molecule has 104 valence electrons. The molecule has 0 unspecified atom stereocenters. The van der Waals surface area contributed by atoms with Gasteiger partial charge in [0.1, 0.15) is 17.8 Å². The van der Waals surface area contributed by atoms with E-state index in [4.69, 9.17) is 9.47 Å². The van der Waals surface area contributed by atoms with Gasteiger partial charge in [0.2, 0.25) is 0 Å². The molecule has 0 heterocycles. The van der Waals surface area contributed by atoms with Crippen molar-refractivity contribution in [3.8, 4) is 11.5 Å². The fraction of sp³-hybridized carbons (Fsp3) is 0.235. The summed E-state index contributed by atoms with van der Waals surface area (Å²) < 4.78 is 10.3. The first kappa shape index (κ1) is 14.1. The van der Waals surface area contributed by atoms with Crippen molar-refractivity contribution in [3.63, 3.8) is 0 Å². The highest BCUT2D eigenvalue weighted by molar-refractivity contribution is 5.63. The topological polar surface area (TPSA) is 35.5 Å². The van der Waals surface area contributed by atoms with Crippen LogP contribution in [0.2, 0.25) is 0 Å². The Morgan fingerprint density at radius 2 is 1.40 bits per heavy atom. The minimum Gasteiger partial charge on any atom is -0.497 e. The summed E-state index contributed by atoms with van der Waals surface area (Å²) in [7, 11) is 3.27. The van der Waals surface area contributed by atoms with E-state index in [0.29, 0.717) is 6.42 Å². The minimum atomic E-state index is -0.144. The van der Waals surface area contributed by atoms with Gasteiger partial charge in [-0.1, -0.05) is 24.3 Å². The summed E-state index contributed by atoms with van der Waals surface area (Å²) in [6, 6.07) is 15.4. The van der Waals surface area contributed by atoms with Crippen molar-refractivity contribution in [1.29, 1.82) is 0 Å². The molecule has 0 amide bonds. The van der Waals surface area contributed by atoms with Gasteiger partial charge in [-0.2, -0.15) is 0 Å². The Morgan fingerprint density at radius 3 is 1.85 bits per heavy atom. The Bertz CT molecular complexity index is 543. The number of ether oxygens (including phenoxy) is 2. The highest BCUT2D eigenvalue weighted by Crippen LogP contribution is 2.22. The molecule has 2 aromatic rings. The molecule has 3 heteroatoms. The molecular weight excluding hydrogens is 252 g/mol. The number of methoxy groups -OCH3 is 2. The largest absolute Gasteiger partial charge is 0.497 e. The van der Waals surface area contributed by atoms with E-state index in [9.17, 15) is 4.79 Å². The number of rotatable bonds is 6. The first-order chi connectivity index (χ1) is 9.76. The quantitative estimate of drug-likeness (QED) is 0.756. The minimum absolute atomic E-state index is 0.144. The summed E-state index contributed by atoms with van der Waals surface area (Å²) in [6.07, 6.45) is 1.67. The molecular formula is C17H18O3. The predicted octanol–water partition coefficient (Wildman–Crippen LogP) is 3.23. The number of carbonyl (C=O) groups excluding carboxylic acids is 1. The number of carbonyl (C=O) groups is 1. The van der Waals surface area contributed by atoms with Crippen LogP contribution < -0.4 is 9.47 Å². The molecule has 0 aromatic heterocycles. The fourth-order valence-corrected chi connectivity index (χ4v) is 2.11. The van der Waals surface area contributed by atoms with Crippen molar-refractivity contribution >= 4 is 6.29 Å². The maximum atomic E-state index is 11.3. The van der Waals surface area contributed by atoms with Gasteiger partial charge >= 0.3 is 0 Å². The van der Waals surface area contributed by atoms with E-state index in [0.717, 1.165) is 28.9 Å². The van der Waals surface area contributed by atoms with E-state index in [-0.39, 0.29) is 5.92 Å². The molecule has 0 N–H and O–H groups in total. The van der Waals surface area contributed by atoms with Crippen LogP contribution in [0.25, 0.3) is 0 Å². The van der Waals surface area contributed by atoms with Crippen molar-refractivity contribution in [3.05, 3.63) is 59.7 Å². The predicted molar refractivity (Wildman–Crippen MR) is 78.5 cm³/mol. The van der Waals surface area contributed by atoms with Crippen LogP contribution in [-0.2, 0) is 11.2 Å². The maximum absolute atomic E-state index is 11.3. The maximum Gasteiger partial charge on any atom is 0.127 e. The van der Waals surface area contributed by atoms with E-state index in [1.54, 1.807) is 14.2 Å². The lowest BCUT2D eigenvalue weighted by molar-refractivity contribution is -0.109. The van der Waals surface area contributed by atoms with E-state index < -0.39 is 0 Å². The standard InChI is InChI=1S/C17H18O3/c1-19-16-7-3-13(4-8-16)11-15(12-18)14-5-9-17(20-2)10-6-14/h3-10,12,15H,11H2,1-2H3/t15-/m0/s1. The van der Waals surface area contributed by atoms with Gasteiger partial charge in [0.25, 0.3) is 0 Å². The molecule has 0 aliphatic heterocycles. The highest BCUT2D eigenvalue weighted by atomic mass is 16.5. The van der Waals surface area contributed by atoms with E-state index in [2.05, 4.69) is 0 Å². The van der Waals surface area contributed by atoms with Crippen LogP contribution in [0.3, 0.4) is 0 Å². The molecule has 0 saturated carbocycles. The van der Waals surface area contributed by atoms with Crippen molar-refractivity contribution in [2.24, 2.45) is 0 Å². The zero-order valence-electron chi connectivity index (χ0n) is 11.7. The lowest BCUT2D eigenvalue weighted by Gasteiger charge is -2.12. The summed E-state index contributed by atoms with van der Waals surface area (Å²) in [5.41, 5.74) is 2.11. The second-order valence-electron chi connectivity index (χ2n) is 4.57. The molecule has 2 rings (SSSR count). The third-order valence-corrected chi connectivity index (χ3v) is 3.32. The van der Waals surface area contributed by atoms with Gasteiger partial charge in [-0.15, -0.1) is 0 Å². The first-order valence-corrected chi connectivity index (χ1v) is 6.49. The van der Waals surface area contributed by atoms with E-state index in [1.807, 2.05) is 48.5 Å². The monoisotopic (exact) mass is 270 g/mol. The number of hydrogen-bond acceptors (Lipinski definition) is 3. The van der Waals surface area contributed by atoms with E-state index >= 15 is 0 Å². The number of aldehydes is 1. The average molecular weight is 270 g/mol. The molecule has 0 spiro atoms. The zero-order chi connectivity index (χ0) is 14.4. The summed E-state index contributed by atoms with van der Waals surface area (Å²) in [5.74, 6) is 1.47. The Balaban J connectivity index is 2.12. The second-order valence-corrected chi connectivity index (χ2v) is 4.57. The zero-order valence-corrected chi connectivity index (χ0v) is 11.7. The summed E-state index contributed by atoms with van der Waals surface area (Å²) in [5, 5.41) is 0.